The van der Waals surface area contributed by atoms with Crippen LogP contribution in [0.5, 0.6) is 5.75 Å². The van der Waals surface area contributed by atoms with Crippen LogP contribution < -0.4 is 15.4 Å². The van der Waals surface area contributed by atoms with Gasteiger partial charge in [0.1, 0.15) is 5.75 Å². The number of piperidine rings is 1. The fraction of sp³-hybridized carbons (Fsp3) is 0.650. The van der Waals surface area contributed by atoms with E-state index in [-0.39, 0.29) is 18.6 Å². The van der Waals surface area contributed by atoms with Crippen LogP contribution in [-0.4, -0.2) is 36.8 Å². The number of rotatable bonds is 8. The van der Waals surface area contributed by atoms with E-state index in [0.717, 1.165) is 24.4 Å². The van der Waals surface area contributed by atoms with Gasteiger partial charge in [0, 0.05) is 13.0 Å². The van der Waals surface area contributed by atoms with E-state index in [2.05, 4.69) is 17.6 Å². The van der Waals surface area contributed by atoms with Crippen LogP contribution in [0.3, 0.4) is 0 Å². The van der Waals surface area contributed by atoms with E-state index < -0.39 is 6.10 Å². The van der Waals surface area contributed by atoms with Crippen LogP contribution in [-0.2, 0) is 4.79 Å². The lowest BCUT2D eigenvalue weighted by Crippen LogP contribution is -2.36. The predicted molar refractivity (Wildman–Crippen MR) is 99.6 cm³/mol. The lowest BCUT2D eigenvalue weighted by molar-refractivity contribution is -0.122. The summed E-state index contributed by atoms with van der Waals surface area (Å²) >= 11 is 0. The first-order chi connectivity index (χ1) is 12.0. The molecule has 5 heteroatoms. The molecule has 1 aromatic rings. The molecule has 2 rings (SSSR count). The van der Waals surface area contributed by atoms with Gasteiger partial charge in [0.15, 0.2) is 0 Å². The molecule has 0 aromatic heterocycles. The Morgan fingerprint density at radius 1 is 1.32 bits per heavy atom. The molecule has 0 saturated carbocycles. The number of carbonyl (C=O) groups is 1. The molecule has 5 nitrogen and oxygen atoms in total. The molecule has 3 N–H and O–H groups in total. The fourth-order valence-electron chi connectivity index (χ4n) is 3.26. The first-order valence-electron chi connectivity index (χ1n) is 9.37. The number of aliphatic hydroxyl groups excluding tert-OH is 1. The average molecular weight is 348 g/mol. The third kappa shape index (κ3) is 6.67. The smallest absolute Gasteiger partial charge is 0.220 e. The van der Waals surface area contributed by atoms with Crippen molar-refractivity contribution in [3.05, 3.63) is 29.8 Å². The standard InChI is InChI=1S/C20H32N2O3/c1-14(2)25-18-8-6-16(7-9-18)19(23)13-22-20(24)11-15(3)17-5-4-10-21-12-17/h6-9,14-15,17,19,21,23H,4-5,10-13H2,1-3H3,(H,22,24). The number of hydrogen-bond acceptors (Lipinski definition) is 4. The average Bonchev–Trinajstić information content (AvgIpc) is 2.60. The zero-order valence-electron chi connectivity index (χ0n) is 15.6. The summed E-state index contributed by atoms with van der Waals surface area (Å²) in [5, 5.41) is 16.5. The Hall–Kier alpha value is -1.59. The van der Waals surface area contributed by atoms with Crippen molar-refractivity contribution in [3.63, 3.8) is 0 Å². The minimum atomic E-state index is -0.705. The molecule has 0 bridgehead atoms. The van der Waals surface area contributed by atoms with Crippen molar-refractivity contribution in [2.45, 2.75) is 52.2 Å². The van der Waals surface area contributed by atoms with E-state index in [4.69, 9.17) is 4.74 Å². The Bertz CT molecular complexity index is 524. The predicted octanol–water partition coefficient (Wildman–Crippen LogP) is 2.65. The lowest BCUT2D eigenvalue weighted by atomic mass is 9.85. The molecule has 0 aliphatic carbocycles. The van der Waals surface area contributed by atoms with Gasteiger partial charge in [-0.1, -0.05) is 19.1 Å². The van der Waals surface area contributed by atoms with Crippen LogP contribution >= 0.6 is 0 Å². The van der Waals surface area contributed by atoms with Crippen molar-refractivity contribution in [2.75, 3.05) is 19.6 Å². The highest BCUT2D eigenvalue weighted by Crippen LogP contribution is 2.22. The molecule has 0 spiro atoms. The highest BCUT2D eigenvalue weighted by Gasteiger charge is 2.22. The van der Waals surface area contributed by atoms with Crippen LogP contribution in [0, 0.1) is 11.8 Å². The SMILES string of the molecule is CC(C)Oc1ccc(C(O)CNC(=O)CC(C)C2CCCNC2)cc1. The lowest BCUT2D eigenvalue weighted by Gasteiger charge is -2.28. The van der Waals surface area contributed by atoms with E-state index in [0.29, 0.717) is 18.3 Å². The number of benzene rings is 1. The molecule has 25 heavy (non-hydrogen) atoms. The van der Waals surface area contributed by atoms with Gasteiger partial charge in [0.2, 0.25) is 5.91 Å². The van der Waals surface area contributed by atoms with Gasteiger partial charge in [-0.05, 0) is 69.3 Å². The van der Waals surface area contributed by atoms with Crippen molar-refractivity contribution < 1.29 is 14.6 Å². The van der Waals surface area contributed by atoms with Crippen LogP contribution in [0.1, 0.15) is 51.7 Å². The summed E-state index contributed by atoms with van der Waals surface area (Å²) in [6, 6.07) is 7.37. The minimum absolute atomic E-state index is 0.0110. The van der Waals surface area contributed by atoms with Crippen LogP contribution in [0.2, 0.25) is 0 Å². The monoisotopic (exact) mass is 348 g/mol. The maximum absolute atomic E-state index is 12.1. The molecule has 3 atom stereocenters. The van der Waals surface area contributed by atoms with E-state index in [1.807, 2.05) is 38.1 Å². The van der Waals surface area contributed by atoms with Crippen LogP contribution in [0.4, 0.5) is 0 Å². The quantitative estimate of drug-likeness (QED) is 0.675. The van der Waals surface area contributed by atoms with Gasteiger partial charge in [-0.15, -0.1) is 0 Å². The number of hydrogen-bond donors (Lipinski definition) is 3. The largest absolute Gasteiger partial charge is 0.491 e. The molecule has 1 aliphatic heterocycles. The third-order valence-corrected chi connectivity index (χ3v) is 4.78. The molecular formula is C20H32N2O3. The van der Waals surface area contributed by atoms with Crippen LogP contribution in [0.25, 0.3) is 0 Å². The number of ether oxygens (including phenoxy) is 1. The van der Waals surface area contributed by atoms with Crippen molar-refractivity contribution in [2.24, 2.45) is 11.8 Å². The van der Waals surface area contributed by atoms with Crippen molar-refractivity contribution in [1.29, 1.82) is 0 Å². The highest BCUT2D eigenvalue weighted by atomic mass is 16.5. The molecule has 1 fully saturated rings. The second-order valence-corrected chi connectivity index (χ2v) is 7.34. The zero-order chi connectivity index (χ0) is 18.2. The number of amides is 1. The first kappa shape index (κ1) is 19.7. The van der Waals surface area contributed by atoms with E-state index in [1.54, 1.807) is 0 Å². The number of carbonyl (C=O) groups excluding carboxylic acids is 1. The zero-order valence-corrected chi connectivity index (χ0v) is 15.6. The second kappa shape index (κ2) is 9.78. The summed E-state index contributed by atoms with van der Waals surface area (Å²) in [6.07, 6.45) is 2.31. The second-order valence-electron chi connectivity index (χ2n) is 7.34. The van der Waals surface area contributed by atoms with Crippen molar-refractivity contribution in [3.8, 4) is 5.75 Å². The maximum Gasteiger partial charge on any atom is 0.220 e. The minimum Gasteiger partial charge on any atom is -0.491 e. The summed E-state index contributed by atoms with van der Waals surface area (Å²) in [7, 11) is 0. The molecule has 1 saturated heterocycles. The maximum atomic E-state index is 12.1. The van der Waals surface area contributed by atoms with Gasteiger partial charge in [-0.2, -0.15) is 0 Å². The van der Waals surface area contributed by atoms with E-state index in [1.165, 1.54) is 12.8 Å². The Kier molecular flexibility index (Phi) is 7.72. The molecule has 140 valence electrons. The summed E-state index contributed by atoms with van der Waals surface area (Å²) in [5.41, 5.74) is 0.779. The summed E-state index contributed by atoms with van der Waals surface area (Å²) in [5.74, 6) is 1.72. The van der Waals surface area contributed by atoms with Crippen molar-refractivity contribution >= 4 is 5.91 Å². The summed E-state index contributed by atoms with van der Waals surface area (Å²) in [6.45, 7) is 8.41. The Morgan fingerprint density at radius 2 is 2.04 bits per heavy atom. The first-order valence-corrected chi connectivity index (χ1v) is 9.37. The topological polar surface area (TPSA) is 70.6 Å². The highest BCUT2D eigenvalue weighted by molar-refractivity contribution is 5.76. The summed E-state index contributed by atoms with van der Waals surface area (Å²) < 4.78 is 5.59. The Labute approximate surface area is 151 Å². The fourth-order valence-corrected chi connectivity index (χ4v) is 3.26. The normalized spacial score (nSPS) is 20.1. The Morgan fingerprint density at radius 3 is 2.64 bits per heavy atom. The summed E-state index contributed by atoms with van der Waals surface area (Å²) in [4.78, 5) is 12.1. The number of aliphatic hydroxyl groups is 1. The number of nitrogens with one attached hydrogen (secondary N) is 2. The third-order valence-electron chi connectivity index (χ3n) is 4.78. The van der Waals surface area contributed by atoms with Gasteiger partial charge < -0.3 is 20.5 Å². The molecule has 1 aliphatic rings. The van der Waals surface area contributed by atoms with Gasteiger partial charge >= 0.3 is 0 Å². The molecule has 0 radical (unpaired) electrons. The van der Waals surface area contributed by atoms with Gasteiger partial charge in [0.05, 0.1) is 12.2 Å². The van der Waals surface area contributed by atoms with Crippen LogP contribution in [0.15, 0.2) is 24.3 Å². The molecule has 1 amide bonds. The molecular weight excluding hydrogens is 316 g/mol. The van der Waals surface area contributed by atoms with E-state index in [9.17, 15) is 9.90 Å². The molecule has 1 aromatic carbocycles. The van der Waals surface area contributed by atoms with Gasteiger partial charge in [-0.25, -0.2) is 0 Å². The molecule has 3 unspecified atom stereocenters. The van der Waals surface area contributed by atoms with E-state index >= 15 is 0 Å². The molecule has 1 heterocycles. The van der Waals surface area contributed by atoms with Gasteiger partial charge in [-0.3, -0.25) is 4.79 Å². The van der Waals surface area contributed by atoms with Crippen molar-refractivity contribution in [1.82, 2.24) is 10.6 Å². The van der Waals surface area contributed by atoms with Gasteiger partial charge in [0.25, 0.3) is 0 Å². The Balaban J connectivity index is 1.74.